The van der Waals surface area contributed by atoms with Crippen LogP contribution in [0.15, 0.2) is 87.6 Å². The highest BCUT2D eigenvalue weighted by molar-refractivity contribution is 9.10. The Hall–Kier alpha value is -3.83. The summed E-state index contributed by atoms with van der Waals surface area (Å²) in [5, 5.41) is 8.55. The number of ether oxygens (including phenoxy) is 3. The first-order chi connectivity index (χ1) is 22.4. The Labute approximate surface area is 280 Å². The van der Waals surface area contributed by atoms with Crippen molar-refractivity contribution >= 4 is 39.6 Å². The third-order valence-corrected chi connectivity index (χ3v) is 9.50. The van der Waals surface area contributed by atoms with Gasteiger partial charge in [0.1, 0.15) is 24.6 Å². The van der Waals surface area contributed by atoms with Crippen LogP contribution < -0.4 is 14.8 Å². The van der Waals surface area contributed by atoms with Gasteiger partial charge in [-0.3, -0.25) is 0 Å². The summed E-state index contributed by atoms with van der Waals surface area (Å²) in [6.45, 7) is 4.57. The fraction of sp³-hybridized carbons (Fsp3) is 0.343. The van der Waals surface area contributed by atoms with Gasteiger partial charge in [-0.2, -0.15) is 4.98 Å². The highest BCUT2D eigenvalue weighted by atomic mass is 79.9. The van der Waals surface area contributed by atoms with E-state index >= 15 is 0 Å². The second-order valence-electron chi connectivity index (χ2n) is 11.3. The fourth-order valence-electron chi connectivity index (χ4n) is 5.74. The van der Waals surface area contributed by atoms with E-state index in [0.717, 1.165) is 47.7 Å². The van der Waals surface area contributed by atoms with Gasteiger partial charge in [0.05, 0.1) is 12.2 Å². The average molecular weight is 708 g/mol. The summed E-state index contributed by atoms with van der Waals surface area (Å²) in [5.41, 5.74) is 3.46. The molecule has 240 valence electrons. The highest BCUT2D eigenvalue weighted by Gasteiger charge is 2.37. The number of nitrogens with zero attached hydrogens (tertiary/aromatic N) is 3. The molecule has 11 heteroatoms. The van der Waals surface area contributed by atoms with Gasteiger partial charge in [0, 0.05) is 15.9 Å². The molecule has 2 heterocycles. The Morgan fingerprint density at radius 1 is 1.04 bits per heavy atom. The van der Waals surface area contributed by atoms with E-state index in [0.29, 0.717) is 58.4 Å². The van der Waals surface area contributed by atoms with E-state index in [1.807, 2.05) is 62.4 Å². The molecule has 1 aromatic heterocycles. The number of rotatable bonds is 11. The minimum Gasteiger partial charge on any atom is -0.490 e. The lowest BCUT2D eigenvalue weighted by atomic mass is 9.94. The van der Waals surface area contributed by atoms with Crippen LogP contribution in [0, 0.1) is 5.82 Å². The van der Waals surface area contributed by atoms with Crippen molar-refractivity contribution in [1.82, 2.24) is 14.8 Å². The van der Waals surface area contributed by atoms with Crippen LogP contribution in [0.2, 0.25) is 0 Å². The van der Waals surface area contributed by atoms with Crippen molar-refractivity contribution < 1.29 is 23.4 Å². The van der Waals surface area contributed by atoms with E-state index in [2.05, 4.69) is 21.2 Å². The first-order valence-corrected chi connectivity index (χ1v) is 17.3. The van der Waals surface area contributed by atoms with Gasteiger partial charge in [-0.1, -0.05) is 70.5 Å². The van der Waals surface area contributed by atoms with Crippen LogP contribution in [0.5, 0.6) is 11.5 Å². The molecule has 1 aliphatic carbocycles. The molecule has 1 saturated carbocycles. The molecule has 0 spiro atoms. The van der Waals surface area contributed by atoms with Crippen molar-refractivity contribution in [2.24, 2.45) is 0 Å². The Bertz CT molecular complexity index is 1720. The van der Waals surface area contributed by atoms with Crippen LogP contribution >= 0.6 is 27.7 Å². The quantitative estimate of drug-likeness (QED) is 0.123. The lowest BCUT2D eigenvalue weighted by Crippen LogP contribution is -2.32. The van der Waals surface area contributed by atoms with Gasteiger partial charge in [0.15, 0.2) is 11.5 Å². The van der Waals surface area contributed by atoms with Crippen LogP contribution in [-0.4, -0.2) is 33.4 Å². The van der Waals surface area contributed by atoms with Gasteiger partial charge in [-0.25, -0.2) is 13.9 Å². The molecule has 2 aliphatic rings. The molecule has 1 aliphatic heterocycles. The second-order valence-corrected chi connectivity index (χ2v) is 13.2. The summed E-state index contributed by atoms with van der Waals surface area (Å²) in [4.78, 5) is 18.6. The van der Waals surface area contributed by atoms with E-state index in [-0.39, 0.29) is 17.9 Å². The van der Waals surface area contributed by atoms with Crippen molar-refractivity contribution in [2.75, 3.05) is 11.9 Å². The maximum absolute atomic E-state index is 14.3. The maximum Gasteiger partial charge on any atom is 0.338 e. The van der Waals surface area contributed by atoms with E-state index in [1.54, 1.807) is 16.8 Å². The van der Waals surface area contributed by atoms with Crippen LogP contribution in [0.4, 0.5) is 10.3 Å². The average Bonchev–Trinajstić information content (AvgIpc) is 3.46. The smallest absolute Gasteiger partial charge is 0.338 e. The number of esters is 1. The number of fused-ring (bicyclic) bond motifs is 1. The van der Waals surface area contributed by atoms with Crippen LogP contribution in [0.25, 0.3) is 0 Å². The molecule has 4 aromatic rings. The number of aromatic nitrogens is 3. The first-order valence-electron chi connectivity index (χ1n) is 15.5. The van der Waals surface area contributed by atoms with Crippen molar-refractivity contribution in [1.29, 1.82) is 0 Å². The topological polar surface area (TPSA) is 87.5 Å². The van der Waals surface area contributed by atoms with Crippen LogP contribution in [-0.2, 0) is 21.9 Å². The fourth-order valence-corrected chi connectivity index (χ4v) is 6.82. The number of anilines is 1. The molecular weight excluding hydrogens is 671 g/mol. The SMILES string of the molecule is CCOc1cc(C2C(C(=O)OC3CCCCC3)=C(C)Nc3nc(SCc4ccccc4F)nn32)ccc1OCc1ccc(Br)cc1. The zero-order valence-electron chi connectivity index (χ0n) is 25.8. The minimum absolute atomic E-state index is 0.111. The third kappa shape index (κ3) is 7.41. The molecule has 1 N–H and O–H groups in total. The normalized spacial score (nSPS) is 16.5. The van der Waals surface area contributed by atoms with Crippen molar-refractivity contribution in [3.8, 4) is 11.5 Å². The number of nitrogens with one attached hydrogen (secondary N) is 1. The number of carbonyl (C=O) groups is 1. The lowest BCUT2D eigenvalue weighted by molar-refractivity contribution is -0.146. The molecule has 1 unspecified atom stereocenters. The summed E-state index contributed by atoms with van der Waals surface area (Å²) in [6, 6.07) is 19.7. The molecular formula is C35H36BrFN4O4S. The third-order valence-electron chi connectivity index (χ3n) is 8.08. The Morgan fingerprint density at radius 2 is 1.83 bits per heavy atom. The minimum atomic E-state index is -0.637. The molecule has 1 atom stereocenters. The highest BCUT2D eigenvalue weighted by Crippen LogP contribution is 2.41. The summed E-state index contributed by atoms with van der Waals surface area (Å²) in [7, 11) is 0. The number of carbonyl (C=O) groups excluding carboxylic acids is 1. The Morgan fingerprint density at radius 3 is 2.59 bits per heavy atom. The predicted molar refractivity (Wildman–Crippen MR) is 179 cm³/mol. The number of allylic oxidation sites excluding steroid dienone is 1. The zero-order chi connectivity index (χ0) is 32.0. The Balaban J connectivity index is 1.33. The van der Waals surface area contributed by atoms with Gasteiger partial charge >= 0.3 is 5.97 Å². The molecule has 3 aromatic carbocycles. The van der Waals surface area contributed by atoms with Crippen LogP contribution in [0.1, 0.15) is 68.7 Å². The number of hydrogen-bond donors (Lipinski definition) is 1. The molecule has 0 saturated heterocycles. The maximum atomic E-state index is 14.3. The first kappa shape index (κ1) is 32.1. The Kier molecular flexibility index (Phi) is 10.3. The van der Waals surface area contributed by atoms with Gasteiger partial charge in [0.2, 0.25) is 11.1 Å². The van der Waals surface area contributed by atoms with E-state index < -0.39 is 6.04 Å². The molecule has 8 nitrogen and oxygen atoms in total. The molecule has 0 amide bonds. The summed E-state index contributed by atoms with van der Waals surface area (Å²) in [6.07, 6.45) is 4.87. The van der Waals surface area contributed by atoms with Gasteiger partial charge < -0.3 is 19.5 Å². The molecule has 0 radical (unpaired) electrons. The van der Waals surface area contributed by atoms with E-state index in [4.69, 9.17) is 24.3 Å². The number of thioether (sulfide) groups is 1. The van der Waals surface area contributed by atoms with E-state index in [1.165, 1.54) is 17.8 Å². The number of halogens is 2. The van der Waals surface area contributed by atoms with Crippen LogP contribution in [0.3, 0.4) is 0 Å². The predicted octanol–water partition coefficient (Wildman–Crippen LogP) is 8.61. The molecule has 1 fully saturated rings. The summed E-state index contributed by atoms with van der Waals surface area (Å²) >= 11 is 4.80. The van der Waals surface area contributed by atoms with Gasteiger partial charge in [-0.05, 0) is 86.6 Å². The van der Waals surface area contributed by atoms with Gasteiger partial charge in [-0.15, -0.1) is 5.10 Å². The molecule has 6 rings (SSSR count). The summed E-state index contributed by atoms with van der Waals surface area (Å²) < 4.78 is 35.4. The standard InChI is InChI=1S/C35H36BrFN4O4S/c1-3-43-30-19-24(15-18-29(30)44-20-23-13-16-26(36)17-14-23)32-31(33(42)45-27-10-5-4-6-11-27)22(2)38-34-39-35(40-41(32)34)46-21-25-9-7-8-12-28(25)37/h7-9,12-19,27,32H,3-6,10-11,20-21H2,1-2H3,(H,38,39,40). The van der Waals surface area contributed by atoms with Gasteiger partial charge in [0.25, 0.3) is 0 Å². The number of benzene rings is 3. The van der Waals surface area contributed by atoms with E-state index in [9.17, 15) is 9.18 Å². The van der Waals surface area contributed by atoms with Crippen molar-refractivity contribution in [3.63, 3.8) is 0 Å². The monoisotopic (exact) mass is 706 g/mol. The second kappa shape index (κ2) is 14.7. The molecule has 0 bridgehead atoms. The molecule has 46 heavy (non-hydrogen) atoms. The lowest BCUT2D eigenvalue weighted by Gasteiger charge is -2.30. The van der Waals surface area contributed by atoms with Crippen molar-refractivity contribution in [3.05, 3.63) is 105 Å². The zero-order valence-corrected chi connectivity index (χ0v) is 28.2. The van der Waals surface area contributed by atoms with Crippen molar-refractivity contribution in [2.45, 2.75) is 75.6 Å². The largest absolute Gasteiger partial charge is 0.490 e. The summed E-state index contributed by atoms with van der Waals surface area (Å²) in [5.74, 6) is 1.35. The number of hydrogen-bond acceptors (Lipinski definition) is 8.